The second-order valence-electron chi connectivity index (χ2n) is 7.87. The minimum absolute atomic E-state index is 0.195. The number of aromatic amines is 1. The number of piperidine rings is 1. The molecular formula is C24H22FN5O. The van der Waals surface area contributed by atoms with E-state index < -0.39 is 0 Å². The molecule has 31 heavy (non-hydrogen) atoms. The topological polar surface area (TPSA) is 74.8 Å². The highest BCUT2D eigenvalue weighted by Gasteiger charge is 2.27. The summed E-state index contributed by atoms with van der Waals surface area (Å²) in [6.07, 6.45) is 4.71. The zero-order valence-corrected chi connectivity index (χ0v) is 17.0. The number of benzene rings is 2. The molecule has 6 nitrogen and oxygen atoms in total. The Kier molecular flexibility index (Phi) is 5.16. The fraction of sp³-hybridized carbons (Fsp3) is 0.250. The van der Waals surface area contributed by atoms with Gasteiger partial charge in [-0.05, 0) is 55.0 Å². The highest BCUT2D eigenvalue weighted by atomic mass is 19.1. The summed E-state index contributed by atoms with van der Waals surface area (Å²) in [6, 6.07) is 16.2. The molecule has 3 heterocycles. The maximum atomic E-state index is 13.2. The van der Waals surface area contributed by atoms with E-state index in [1.54, 1.807) is 12.1 Å². The number of nitrogens with one attached hydrogen (secondary N) is 1. The second kappa shape index (κ2) is 8.26. The lowest BCUT2D eigenvalue weighted by Crippen LogP contribution is -2.42. The average molecular weight is 415 g/mol. The van der Waals surface area contributed by atoms with Crippen LogP contribution in [0, 0.1) is 5.82 Å². The monoisotopic (exact) mass is 415 g/mol. The van der Waals surface area contributed by atoms with Crippen molar-refractivity contribution in [3.8, 4) is 11.4 Å². The number of pyridine rings is 1. The number of halogens is 1. The molecule has 1 atom stereocenters. The summed E-state index contributed by atoms with van der Waals surface area (Å²) in [5, 5.41) is 9.41. The number of rotatable bonds is 5. The van der Waals surface area contributed by atoms with E-state index in [1.165, 1.54) is 12.1 Å². The number of hydrogen-bond acceptors (Lipinski definition) is 5. The van der Waals surface area contributed by atoms with Crippen molar-refractivity contribution in [2.75, 3.05) is 11.4 Å². The van der Waals surface area contributed by atoms with E-state index in [2.05, 4.69) is 31.1 Å². The van der Waals surface area contributed by atoms with Crippen LogP contribution in [-0.2, 0) is 6.42 Å². The van der Waals surface area contributed by atoms with Gasteiger partial charge in [-0.1, -0.05) is 24.3 Å². The molecule has 4 aromatic rings. The van der Waals surface area contributed by atoms with E-state index >= 15 is 0 Å². The van der Waals surface area contributed by atoms with Gasteiger partial charge >= 0.3 is 0 Å². The lowest BCUT2D eigenvalue weighted by Gasteiger charge is -2.37. The van der Waals surface area contributed by atoms with Crippen molar-refractivity contribution < 1.29 is 9.18 Å². The van der Waals surface area contributed by atoms with Crippen molar-refractivity contribution in [3.05, 3.63) is 71.9 Å². The number of carbonyl (C=O) groups is 1. The smallest absolute Gasteiger partial charge is 0.181 e. The Morgan fingerprint density at radius 1 is 1.10 bits per heavy atom. The van der Waals surface area contributed by atoms with Crippen LogP contribution in [0.2, 0.25) is 0 Å². The molecule has 1 N–H and O–H groups in total. The van der Waals surface area contributed by atoms with Crippen molar-refractivity contribution >= 4 is 22.9 Å². The first kappa shape index (κ1) is 19.4. The average Bonchev–Trinajstić information content (AvgIpc) is 3.27. The number of aromatic nitrogens is 4. The van der Waals surface area contributed by atoms with E-state index in [4.69, 9.17) is 0 Å². The third-order valence-corrected chi connectivity index (χ3v) is 5.82. The zero-order chi connectivity index (χ0) is 21.2. The lowest BCUT2D eigenvalue weighted by molar-refractivity contribution is 0.111. The molecule has 7 heteroatoms. The maximum Gasteiger partial charge on any atom is 0.181 e. The van der Waals surface area contributed by atoms with Gasteiger partial charge in [0.2, 0.25) is 0 Å². The van der Waals surface area contributed by atoms with Crippen LogP contribution in [0.5, 0.6) is 0 Å². The Balaban J connectivity index is 1.45. The summed E-state index contributed by atoms with van der Waals surface area (Å²) in [5.74, 6) is 1.91. The number of H-pyrrole nitrogens is 1. The SMILES string of the molecule is O=Cc1cc2ccccc2c(N2CCCCC2Cc2nc(-c3ccc(F)cc3)n[nH]2)n1. The van der Waals surface area contributed by atoms with Crippen LogP contribution in [0.15, 0.2) is 54.6 Å². The molecule has 0 saturated carbocycles. The molecule has 1 saturated heterocycles. The number of nitrogens with zero attached hydrogens (tertiary/aromatic N) is 4. The van der Waals surface area contributed by atoms with Gasteiger partial charge in [0, 0.05) is 30.0 Å². The first-order valence-electron chi connectivity index (χ1n) is 10.5. The number of aldehydes is 1. The van der Waals surface area contributed by atoms with Crippen molar-refractivity contribution in [1.29, 1.82) is 0 Å². The Hall–Kier alpha value is -3.61. The fourth-order valence-corrected chi connectivity index (χ4v) is 4.31. The number of fused-ring (bicyclic) bond motifs is 1. The van der Waals surface area contributed by atoms with Crippen molar-refractivity contribution in [2.45, 2.75) is 31.7 Å². The third kappa shape index (κ3) is 3.91. The Labute approximate surface area is 179 Å². The van der Waals surface area contributed by atoms with E-state index in [1.807, 2.05) is 24.3 Å². The summed E-state index contributed by atoms with van der Waals surface area (Å²) in [7, 11) is 0. The van der Waals surface area contributed by atoms with Crippen LogP contribution in [0.3, 0.4) is 0 Å². The van der Waals surface area contributed by atoms with Gasteiger partial charge < -0.3 is 4.90 Å². The molecule has 0 amide bonds. The van der Waals surface area contributed by atoms with Crippen molar-refractivity contribution in [1.82, 2.24) is 20.2 Å². The second-order valence-corrected chi connectivity index (χ2v) is 7.87. The van der Waals surface area contributed by atoms with Crippen LogP contribution >= 0.6 is 0 Å². The van der Waals surface area contributed by atoms with Crippen LogP contribution in [0.25, 0.3) is 22.2 Å². The van der Waals surface area contributed by atoms with Gasteiger partial charge in [0.1, 0.15) is 23.2 Å². The molecule has 1 aliphatic heterocycles. The largest absolute Gasteiger partial charge is 0.353 e. The molecule has 1 aliphatic rings. The molecule has 1 fully saturated rings. The summed E-state index contributed by atoms with van der Waals surface area (Å²) in [6.45, 7) is 0.878. The Morgan fingerprint density at radius 3 is 2.77 bits per heavy atom. The van der Waals surface area contributed by atoms with Gasteiger partial charge in [-0.15, -0.1) is 0 Å². The van der Waals surface area contributed by atoms with Gasteiger partial charge in [-0.2, -0.15) is 5.10 Å². The van der Waals surface area contributed by atoms with Gasteiger partial charge in [0.05, 0.1) is 0 Å². The minimum Gasteiger partial charge on any atom is -0.353 e. The van der Waals surface area contributed by atoms with Crippen LogP contribution in [-0.4, -0.2) is 39.0 Å². The number of carbonyl (C=O) groups excluding carboxylic acids is 1. The van der Waals surface area contributed by atoms with Crippen LogP contribution < -0.4 is 4.90 Å². The highest BCUT2D eigenvalue weighted by Crippen LogP contribution is 2.31. The molecule has 0 bridgehead atoms. The van der Waals surface area contributed by atoms with Gasteiger partial charge in [0.25, 0.3) is 0 Å². The van der Waals surface area contributed by atoms with E-state index in [0.717, 1.165) is 60.1 Å². The summed E-state index contributed by atoms with van der Waals surface area (Å²) in [4.78, 5) is 23.1. The fourth-order valence-electron chi connectivity index (χ4n) is 4.31. The van der Waals surface area contributed by atoms with E-state index in [9.17, 15) is 9.18 Å². The van der Waals surface area contributed by atoms with Crippen molar-refractivity contribution in [3.63, 3.8) is 0 Å². The van der Waals surface area contributed by atoms with Crippen molar-refractivity contribution in [2.24, 2.45) is 0 Å². The molecule has 0 radical (unpaired) electrons. The van der Waals surface area contributed by atoms with E-state index in [0.29, 0.717) is 17.9 Å². The molecule has 5 rings (SSSR count). The Morgan fingerprint density at radius 2 is 1.94 bits per heavy atom. The quantitative estimate of drug-likeness (QED) is 0.483. The molecule has 0 aliphatic carbocycles. The predicted molar refractivity (Wildman–Crippen MR) is 118 cm³/mol. The van der Waals surface area contributed by atoms with Crippen LogP contribution in [0.4, 0.5) is 10.2 Å². The lowest BCUT2D eigenvalue weighted by atomic mass is 9.98. The summed E-state index contributed by atoms with van der Waals surface area (Å²) < 4.78 is 13.2. The Bertz CT molecular complexity index is 1220. The standard InChI is InChI=1S/C24H22FN5O/c25-18-10-8-16(9-11-18)23-27-22(28-29-23)14-20-6-3-4-12-30(20)24-21-7-2-1-5-17(21)13-19(15-31)26-24/h1-2,5,7-11,13,15,20H,3-4,6,12,14H2,(H,27,28,29). The first-order valence-corrected chi connectivity index (χ1v) is 10.5. The van der Waals surface area contributed by atoms with E-state index in [-0.39, 0.29) is 11.9 Å². The normalized spacial score (nSPS) is 16.5. The minimum atomic E-state index is -0.283. The van der Waals surface area contributed by atoms with Gasteiger partial charge in [-0.3, -0.25) is 9.89 Å². The molecule has 0 spiro atoms. The third-order valence-electron chi connectivity index (χ3n) is 5.82. The summed E-state index contributed by atoms with van der Waals surface area (Å²) >= 11 is 0. The molecule has 156 valence electrons. The zero-order valence-electron chi connectivity index (χ0n) is 17.0. The highest BCUT2D eigenvalue weighted by molar-refractivity contribution is 5.95. The first-order chi connectivity index (χ1) is 15.2. The molecule has 2 aromatic carbocycles. The predicted octanol–water partition coefficient (Wildman–Crippen LogP) is 4.57. The number of anilines is 1. The van der Waals surface area contributed by atoms with Gasteiger partial charge in [-0.25, -0.2) is 14.4 Å². The van der Waals surface area contributed by atoms with Gasteiger partial charge in [0.15, 0.2) is 12.1 Å². The maximum absolute atomic E-state index is 13.2. The molecule has 2 aromatic heterocycles. The molecule has 1 unspecified atom stereocenters. The molecular weight excluding hydrogens is 393 g/mol. The summed E-state index contributed by atoms with van der Waals surface area (Å²) in [5.41, 5.74) is 1.21. The number of hydrogen-bond donors (Lipinski definition) is 1. The van der Waals surface area contributed by atoms with Crippen LogP contribution in [0.1, 0.15) is 35.6 Å².